The Labute approximate surface area is 173 Å². The Morgan fingerprint density at radius 3 is 2.41 bits per heavy atom. The van der Waals surface area contributed by atoms with Crippen molar-refractivity contribution in [2.75, 3.05) is 0 Å². The van der Waals surface area contributed by atoms with Crippen LogP contribution in [0.25, 0.3) is 0 Å². The van der Waals surface area contributed by atoms with Crippen LogP contribution in [0.2, 0.25) is 5.02 Å². The summed E-state index contributed by atoms with van der Waals surface area (Å²) in [5, 5.41) is 4.41. The molecule has 3 aromatic rings. The van der Waals surface area contributed by atoms with E-state index >= 15 is 0 Å². The van der Waals surface area contributed by atoms with Gasteiger partial charge in [-0.05, 0) is 61.0 Å². The van der Waals surface area contributed by atoms with E-state index in [0.29, 0.717) is 16.1 Å². The highest BCUT2D eigenvalue weighted by Gasteiger charge is 2.16. The predicted molar refractivity (Wildman–Crippen MR) is 112 cm³/mol. The molecule has 148 valence electrons. The Morgan fingerprint density at radius 1 is 1.03 bits per heavy atom. The van der Waals surface area contributed by atoms with Crippen LogP contribution in [0.4, 0.5) is 0 Å². The second kappa shape index (κ2) is 8.89. The van der Waals surface area contributed by atoms with Gasteiger partial charge in [0.05, 0.1) is 6.21 Å². The summed E-state index contributed by atoms with van der Waals surface area (Å²) in [5.41, 5.74) is 4.30. The Balaban J connectivity index is 1.67. The van der Waals surface area contributed by atoms with Crippen molar-refractivity contribution in [2.45, 2.75) is 11.8 Å². The number of hydrazone groups is 1. The molecule has 0 aliphatic heterocycles. The van der Waals surface area contributed by atoms with Gasteiger partial charge in [0, 0.05) is 10.6 Å². The molecule has 0 spiro atoms. The van der Waals surface area contributed by atoms with Gasteiger partial charge in [-0.2, -0.15) is 13.5 Å². The monoisotopic (exact) mass is 428 g/mol. The van der Waals surface area contributed by atoms with Crippen molar-refractivity contribution in [1.82, 2.24) is 5.43 Å². The average molecular weight is 429 g/mol. The van der Waals surface area contributed by atoms with Gasteiger partial charge in [-0.25, -0.2) is 5.43 Å². The number of carbonyl (C=O) groups excluding carboxylic acids is 1. The number of hydrogen-bond donors (Lipinski definition) is 1. The van der Waals surface area contributed by atoms with Crippen LogP contribution in [0, 0.1) is 6.92 Å². The first-order valence-corrected chi connectivity index (χ1v) is 10.3. The molecule has 0 atom stereocenters. The van der Waals surface area contributed by atoms with Crippen molar-refractivity contribution in [3.63, 3.8) is 0 Å². The highest BCUT2D eigenvalue weighted by Crippen LogP contribution is 2.19. The zero-order valence-electron chi connectivity index (χ0n) is 15.4. The van der Waals surface area contributed by atoms with Crippen LogP contribution in [0.15, 0.2) is 82.8 Å². The van der Waals surface area contributed by atoms with Crippen LogP contribution in [0.3, 0.4) is 0 Å². The van der Waals surface area contributed by atoms with Crippen molar-refractivity contribution >= 4 is 33.8 Å². The first-order valence-electron chi connectivity index (χ1n) is 8.54. The number of benzene rings is 3. The third-order valence-corrected chi connectivity index (χ3v) is 5.37. The number of rotatable bonds is 6. The lowest BCUT2D eigenvalue weighted by molar-refractivity contribution is 0.0955. The largest absolute Gasteiger partial charge is 0.379 e. The lowest BCUT2D eigenvalue weighted by atomic mass is 10.2. The molecular weight excluding hydrogens is 412 g/mol. The molecule has 3 aromatic carbocycles. The molecule has 0 fully saturated rings. The van der Waals surface area contributed by atoms with Crippen LogP contribution in [0.1, 0.15) is 21.5 Å². The van der Waals surface area contributed by atoms with Crippen LogP contribution >= 0.6 is 11.6 Å². The average Bonchev–Trinajstić information content (AvgIpc) is 2.69. The summed E-state index contributed by atoms with van der Waals surface area (Å²) >= 11 is 5.79. The van der Waals surface area contributed by atoms with E-state index in [9.17, 15) is 13.2 Å². The number of hydrogen-bond acceptors (Lipinski definition) is 5. The van der Waals surface area contributed by atoms with Gasteiger partial charge < -0.3 is 4.18 Å². The normalized spacial score (nSPS) is 11.4. The number of carbonyl (C=O) groups is 1. The van der Waals surface area contributed by atoms with Crippen molar-refractivity contribution in [1.29, 1.82) is 0 Å². The van der Waals surface area contributed by atoms with Crippen molar-refractivity contribution in [2.24, 2.45) is 5.10 Å². The fourth-order valence-electron chi connectivity index (χ4n) is 2.36. The second-order valence-electron chi connectivity index (χ2n) is 6.13. The maximum absolute atomic E-state index is 12.4. The van der Waals surface area contributed by atoms with Gasteiger partial charge in [-0.3, -0.25) is 4.79 Å². The van der Waals surface area contributed by atoms with Gasteiger partial charge in [-0.15, -0.1) is 0 Å². The SMILES string of the molecule is Cc1ccc(S(=O)(=O)Oc2cccc(/C=N/NC(=O)c3ccc(Cl)cc3)c2)cc1. The number of halogens is 1. The molecule has 1 amide bonds. The van der Waals surface area contributed by atoms with Gasteiger partial charge in [0.15, 0.2) is 0 Å². The minimum Gasteiger partial charge on any atom is -0.379 e. The topological polar surface area (TPSA) is 84.8 Å². The third-order valence-electron chi connectivity index (χ3n) is 3.86. The highest BCUT2D eigenvalue weighted by atomic mass is 35.5. The van der Waals surface area contributed by atoms with Crippen molar-refractivity contribution in [3.05, 3.63) is 94.5 Å². The summed E-state index contributed by atoms with van der Waals surface area (Å²) in [6, 6.07) is 19.1. The van der Waals surface area contributed by atoms with E-state index < -0.39 is 16.0 Å². The smallest absolute Gasteiger partial charge is 0.339 e. The van der Waals surface area contributed by atoms with E-state index in [4.69, 9.17) is 15.8 Å². The van der Waals surface area contributed by atoms with Gasteiger partial charge >= 0.3 is 10.1 Å². The summed E-state index contributed by atoms with van der Waals surface area (Å²) in [6.45, 7) is 1.87. The summed E-state index contributed by atoms with van der Waals surface area (Å²) in [5.74, 6) is -0.258. The van der Waals surface area contributed by atoms with E-state index in [0.717, 1.165) is 5.56 Å². The molecule has 0 unspecified atom stereocenters. The third kappa shape index (κ3) is 5.66. The molecule has 0 bridgehead atoms. The molecule has 6 nitrogen and oxygen atoms in total. The maximum atomic E-state index is 12.4. The molecule has 0 aliphatic carbocycles. The molecular formula is C21H17ClN2O4S. The number of nitrogens with zero attached hydrogens (tertiary/aromatic N) is 1. The Bertz CT molecular complexity index is 1140. The van der Waals surface area contributed by atoms with Crippen LogP contribution in [-0.2, 0) is 10.1 Å². The number of nitrogens with one attached hydrogen (secondary N) is 1. The van der Waals surface area contributed by atoms with E-state index in [2.05, 4.69) is 10.5 Å². The zero-order valence-corrected chi connectivity index (χ0v) is 16.9. The molecule has 8 heteroatoms. The van der Waals surface area contributed by atoms with E-state index in [1.54, 1.807) is 48.5 Å². The van der Waals surface area contributed by atoms with Crippen LogP contribution in [0.5, 0.6) is 5.75 Å². The lowest BCUT2D eigenvalue weighted by Crippen LogP contribution is -2.17. The number of aryl methyl sites for hydroxylation is 1. The molecule has 0 saturated carbocycles. The Morgan fingerprint density at radius 2 is 1.72 bits per heavy atom. The van der Waals surface area contributed by atoms with Crippen LogP contribution in [-0.4, -0.2) is 20.5 Å². The fraction of sp³-hybridized carbons (Fsp3) is 0.0476. The zero-order chi connectivity index (χ0) is 20.9. The summed E-state index contributed by atoms with van der Waals surface area (Å²) < 4.78 is 30.0. The highest BCUT2D eigenvalue weighted by molar-refractivity contribution is 7.87. The molecule has 1 N–H and O–H groups in total. The van der Waals surface area contributed by atoms with E-state index in [1.165, 1.54) is 30.5 Å². The first-order chi connectivity index (χ1) is 13.8. The molecule has 0 radical (unpaired) electrons. The molecule has 3 rings (SSSR count). The summed E-state index contributed by atoms with van der Waals surface area (Å²) in [7, 11) is -3.95. The lowest BCUT2D eigenvalue weighted by Gasteiger charge is -2.07. The standard InChI is InChI=1S/C21H17ClN2O4S/c1-15-5-11-20(12-6-15)29(26,27)28-19-4-2-3-16(13-19)14-23-24-21(25)17-7-9-18(22)10-8-17/h2-14H,1H3,(H,24,25)/b23-14+. The molecule has 0 aromatic heterocycles. The maximum Gasteiger partial charge on any atom is 0.339 e. The Kier molecular flexibility index (Phi) is 6.31. The quantitative estimate of drug-likeness (QED) is 0.362. The van der Waals surface area contributed by atoms with E-state index in [1.807, 2.05) is 6.92 Å². The van der Waals surface area contributed by atoms with Gasteiger partial charge in [0.25, 0.3) is 5.91 Å². The molecule has 0 saturated heterocycles. The summed E-state index contributed by atoms with van der Waals surface area (Å²) in [4.78, 5) is 12.1. The summed E-state index contributed by atoms with van der Waals surface area (Å²) in [6.07, 6.45) is 1.39. The molecule has 0 aliphatic rings. The minimum atomic E-state index is -3.95. The molecule has 0 heterocycles. The van der Waals surface area contributed by atoms with Crippen molar-refractivity contribution < 1.29 is 17.4 Å². The van der Waals surface area contributed by atoms with Crippen molar-refractivity contribution in [3.8, 4) is 5.75 Å². The van der Waals surface area contributed by atoms with Gasteiger partial charge in [-0.1, -0.05) is 41.4 Å². The predicted octanol–water partition coefficient (Wildman–Crippen LogP) is 4.18. The Hall–Kier alpha value is -3.16. The van der Waals surface area contributed by atoms with Gasteiger partial charge in [0.1, 0.15) is 10.6 Å². The molecule has 29 heavy (non-hydrogen) atoms. The number of amides is 1. The van der Waals surface area contributed by atoms with E-state index in [-0.39, 0.29) is 10.6 Å². The second-order valence-corrected chi connectivity index (χ2v) is 8.11. The first kappa shape index (κ1) is 20.6. The minimum absolute atomic E-state index is 0.0670. The van der Waals surface area contributed by atoms with Gasteiger partial charge in [0.2, 0.25) is 0 Å². The fourth-order valence-corrected chi connectivity index (χ4v) is 3.41. The van der Waals surface area contributed by atoms with Crippen LogP contribution < -0.4 is 9.61 Å².